The zero-order chi connectivity index (χ0) is 11.3. The summed E-state index contributed by atoms with van der Waals surface area (Å²) in [5, 5.41) is 2.86. The highest BCUT2D eigenvalue weighted by Gasteiger charge is 2.26. The average Bonchev–Trinajstić information content (AvgIpc) is 2.63. The summed E-state index contributed by atoms with van der Waals surface area (Å²) in [6.07, 6.45) is 2.41. The fraction of sp³-hybridized carbons (Fsp3) is 0.750. The second-order valence-electron chi connectivity index (χ2n) is 4.21. The van der Waals surface area contributed by atoms with Crippen LogP contribution in [0.25, 0.3) is 0 Å². The van der Waals surface area contributed by atoms with Crippen LogP contribution in [0.2, 0.25) is 0 Å². The Morgan fingerprint density at radius 2 is 2.33 bits per heavy atom. The number of carbonyl (C=O) groups is 1. The maximum Gasteiger partial charge on any atom is 0.295 e. The van der Waals surface area contributed by atoms with Crippen LogP contribution in [0.1, 0.15) is 33.6 Å². The van der Waals surface area contributed by atoms with Gasteiger partial charge in [-0.1, -0.05) is 5.92 Å². The molecule has 1 heterocycles. The molecule has 1 unspecified atom stereocenters. The Labute approximate surface area is 92.2 Å². The minimum atomic E-state index is -0.159. The molecule has 15 heavy (non-hydrogen) atoms. The molecule has 1 rings (SSSR count). The van der Waals surface area contributed by atoms with Crippen molar-refractivity contribution < 1.29 is 4.79 Å². The van der Waals surface area contributed by atoms with Crippen molar-refractivity contribution in [2.45, 2.75) is 45.7 Å². The summed E-state index contributed by atoms with van der Waals surface area (Å²) < 4.78 is 0. The van der Waals surface area contributed by atoms with Crippen molar-refractivity contribution in [1.29, 1.82) is 0 Å². The molecule has 1 aliphatic rings. The van der Waals surface area contributed by atoms with Crippen molar-refractivity contribution in [2.75, 3.05) is 13.1 Å². The Balaban J connectivity index is 2.36. The molecule has 1 aliphatic heterocycles. The fourth-order valence-electron chi connectivity index (χ4n) is 2.13. The zero-order valence-corrected chi connectivity index (χ0v) is 9.84. The van der Waals surface area contributed by atoms with E-state index in [0.717, 1.165) is 13.1 Å². The third-order valence-corrected chi connectivity index (χ3v) is 2.82. The number of carbonyl (C=O) groups excluding carboxylic acids is 1. The normalized spacial score (nSPS) is 21.2. The van der Waals surface area contributed by atoms with E-state index < -0.39 is 0 Å². The lowest BCUT2D eigenvalue weighted by Crippen LogP contribution is -2.42. The van der Waals surface area contributed by atoms with E-state index in [1.165, 1.54) is 12.8 Å². The summed E-state index contributed by atoms with van der Waals surface area (Å²) in [6, 6.07) is 1.05. The van der Waals surface area contributed by atoms with E-state index in [1.54, 1.807) is 6.92 Å². The number of amides is 1. The summed E-state index contributed by atoms with van der Waals surface area (Å²) in [6.45, 7) is 7.96. The molecule has 0 aliphatic carbocycles. The molecule has 1 fully saturated rings. The molecule has 1 N–H and O–H groups in total. The van der Waals surface area contributed by atoms with Gasteiger partial charge in [-0.3, -0.25) is 9.69 Å². The summed E-state index contributed by atoms with van der Waals surface area (Å²) in [7, 11) is 0. The molecule has 1 saturated heterocycles. The molecule has 1 atom stereocenters. The lowest BCUT2D eigenvalue weighted by molar-refractivity contribution is -0.115. The maximum absolute atomic E-state index is 11.2. The number of likely N-dealkylation sites (tertiary alicyclic amines) is 1. The van der Waals surface area contributed by atoms with Gasteiger partial charge in [-0.15, -0.1) is 0 Å². The van der Waals surface area contributed by atoms with Crippen molar-refractivity contribution in [3.8, 4) is 11.8 Å². The molecule has 0 saturated carbocycles. The summed E-state index contributed by atoms with van der Waals surface area (Å²) >= 11 is 0. The van der Waals surface area contributed by atoms with Crippen molar-refractivity contribution >= 4 is 5.91 Å². The Hall–Kier alpha value is -1.01. The van der Waals surface area contributed by atoms with E-state index in [0.29, 0.717) is 12.1 Å². The molecule has 3 heteroatoms. The van der Waals surface area contributed by atoms with Crippen LogP contribution in [0.15, 0.2) is 0 Å². The highest BCUT2D eigenvalue weighted by Crippen LogP contribution is 2.18. The third kappa shape index (κ3) is 3.56. The molecular formula is C12H20N2O. The molecular weight excluding hydrogens is 188 g/mol. The topological polar surface area (TPSA) is 32.3 Å². The number of nitrogens with zero attached hydrogens (tertiary/aromatic N) is 1. The second kappa shape index (κ2) is 5.77. The van der Waals surface area contributed by atoms with Gasteiger partial charge in [0.05, 0.1) is 0 Å². The third-order valence-electron chi connectivity index (χ3n) is 2.82. The summed E-state index contributed by atoms with van der Waals surface area (Å²) in [5.41, 5.74) is 0. The lowest BCUT2D eigenvalue weighted by atomic mass is 10.2. The Morgan fingerprint density at radius 1 is 1.60 bits per heavy atom. The van der Waals surface area contributed by atoms with Gasteiger partial charge in [0, 0.05) is 18.6 Å². The second-order valence-corrected chi connectivity index (χ2v) is 4.21. The number of nitrogens with one attached hydrogen (secondary N) is 1. The van der Waals surface area contributed by atoms with Gasteiger partial charge < -0.3 is 5.32 Å². The minimum absolute atomic E-state index is 0.159. The first-order valence-electron chi connectivity index (χ1n) is 5.61. The van der Waals surface area contributed by atoms with Crippen molar-refractivity contribution in [1.82, 2.24) is 10.2 Å². The molecule has 1 amide bonds. The van der Waals surface area contributed by atoms with E-state index in [4.69, 9.17) is 0 Å². The summed E-state index contributed by atoms with van der Waals surface area (Å²) in [4.78, 5) is 13.6. The van der Waals surface area contributed by atoms with Crippen LogP contribution >= 0.6 is 0 Å². The van der Waals surface area contributed by atoms with E-state index >= 15 is 0 Å². The van der Waals surface area contributed by atoms with Crippen molar-refractivity contribution in [3.05, 3.63) is 0 Å². The number of hydrogen-bond donors (Lipinski definition) is 1. The first kappa shape index (κ1) is 12.1. The van der Waals surface area contributed by atoms with Crippen LogP contribution < -0.4 is 5.32 Å². The zero-order valence-electron chi connectivity index (χ0n) is 9.84. The highest BCUT2D eigenvalue weighted by atomic mass is 16.1. The van der Waals surface area contributed by atoms with Gasteiger partial charge in [0.25, 0.3) is 5.91 Å². The van der Waals surface area contributed by atoms with E-state index in [9.17, 15) is 4.79 Å². The number of hydrogen-bond acceptors (Lipinski definition) is 2. The van der Waals surface area contributed by atoms with Crippen LogP contribution in [-0.4, -0.2) is 36.0 Å². The standard InChI is InChI=1S/C12H20N2O/c1-4-6-12(15)13-9-11-7-5-8-14(11)10(2)3/h10-11H,5,7-9H2,1-3H3,(H,13,15). The summed E-state index contributed by atoms with van der Waals surface area (Å²) in [5.74, 6) is 4.94. The van der Waals surface area contributed by atoms with E-state index in [2.05, 4.69) is 35.9 Å². The number of rotatable bonds is 3. The monoisotopic (exact) mass is 208 g/mol. The minimum Gasteiger partial charge on any atom is -0.344 e. The SMILES string of the molecule is CC#CC(=O)NCC1CCCN1C(C)C. The Morgan fingerprint density at radius 3 is 2.93 bits per heavy atom. The maximum atomic E-state index is 11.2. The molecule has 84 valence electrons. The first-order chi connectivity index (χ1) is 7.15. The first-order valence-corrected chi connectivity index (χ1v) is 5.61. The van der Waals surface area contributed by atoms with Crippen molar-refractivity contribution in [3.63, 3.8) is 0 Å². The molecule has 0 bridgehead atoms. The van der Waals surface area contributed by atoms with Crippen LogP contribution in [0.3, 0.4) is 0 Å². The molecule has 3 nitrogen and oxygen atoms in total. The van der Waals surface area contributed by atoms with Crippen LogP contribution in [0.5, 0.6) is 0 Å². The molecule has 0 aromatic carbocycles. The van der Waals surface area contributed by atoms with Crippen LogP contribution in [0, 0.1) is 11.8 Å². The average molecular weight is 208 g/mol. The highest BCUT2D eigenvalue weighted by molar-refractivity contribution is 5.93. The van der Waals surface area contributed by atoms with Gasteiger partial charge in [0.15, 0.2) is 0 Å². The van der Waals surface area contributed by atoms with Gasteiger partial charge >= 0.3 is 0 Å². The van der Waals surface area contributed by atoms with Crippen LogP contribution in [-0.2, 0) is 4.79 Å². The van der Waals surface area contributed by atoms with E-state index in [1.807, 2.05) is 0 Å². The van der Waals surface area contributed by atoms with Gasteiger partial charge in [-0.05, 0) is 46.1 Å². The molecule has 0 aromatic heterocycles. The largest absolute Gasteiger partial charge is 0.344 e. The van der Waals surface area contributed by atoms with Crippen molar-refractivity contribution in [2.24, 2.45) is 0 Å². The molecule has 0 spiro atoms. The van der Waals surface area contributed by atoms with Gasteiger partial charge in [-0.25, -0.2) is 0 Å². The fourth-order valence-corrected chi connectivity index (χ4v) is 2.13. The molecule has 0 aromatic rings. The predicted molar refractivity (Wildman–Crippen MR) is 61.3 cm³/mol. The van der Waals surface area contributed by atoms with Gasteiger partial charge in [0.2, 0.25) is 0 Å². The Bertz CT molecular complexity index is 275. The molecule has 0 radical (unpaired) electrons. The van der Waals surface area contributed by atoms with Gasteiger partial charge in [-0.2, -0.15) is 0 Å². The Kier molecular flexibility index (Phi) is 4.64. The smallest absolute Gasteiger partial charge is 0.295 e. The quantitative estimate of drug-likeness (QED) is 0.702. The predicted octanol–water partition coefficient (Wildman–Crippen LogP) is 0.999. The van der Waals surface area contributed by atoms with Gasteiger partial charge in [0.1, 0.15) is 0 Å². The lowest BCUT2D eigenvalue weighted by Gasteiger charge is -2.28. The van der Waals surface area contributed by atoms with E-state index in [-0.39, 0.29) is 5.91 Å². The van der Waals surface area contributed by atoms with Crippen LogP contribution in [0.4, 0.5) is 0 Å².